The molecule has 0 saturated carbocycles. The summed E-state index contributed by atoms with van der Waals surface area (Å²) < 4.78 is 12.3. The first-order valence-electron chi connectivity index (χ1n) is 8.20. The van der Waals surface area contributed by atoms with Crippen molar-refractivity contribution in [2.75, 3.05) is 0 Å². The van der Waals surface area contributed by atoms with Gasteiger partial charge < -0.3 is 9.47 Å². The molecule has 1 aliphatic heterocycles. The average Bonchev–Trinajstić information content (AvgIpc) is 2.97. The van der Waals surface area contributed by atoms with Gasteiger partial charge >= 0.3 is 0 Å². The largest absolute Gasteiger partial charge is 0.489 e. The Morgan fingerprint density at radius 2 is 1.73 bits per heavy atom. The summed E-state index contributed by atoms with van der Waals surface area (Å²) in [4.78, 5) is 12.4. The molecular formula is C22H15BrO3. The van der Waals surface area contributed by atoms with Crippen molar-refractivity contribution in [2.24, 2.45) is 0 Å². The van der Waals surface area contributed by atoms with Crippen LogP contribution in [0.3, 0.4) is 0 Å². The number of carbonyl (C=O) groups is 1. The Balaban J connectivity index is 1.46. The van der Waals surface area contributed by atoms with E-state index in [1.54, 1.807) is 18.2 Å². The highest BCUT2D eigenvalue weighted by atomic mass is 79.9. The molecular weight excluding hydrogens is 392 g/mol. The third-order valence-corrected chi connectivity index (χ3v) is 4.55. The Morgan fingerprint density at radius 1 is 0.962 bits per heavy atom. The lowest BCUT2D eigenvalue weighted by Crippen LogP contribution is -1.98. The van der Waals surface area contributed by atoms with Crippen molar-refractivity contribution in [1.29, 1.82) is 0 Å². The van der Waals surface area contributed by atoms with Crippen molar-refractivity contribution in [3.05, 3.63) is 99.7 Å². The average molecular weight is 407 g/mol. The van der Waals surface area contributed by atoms with Gasteiger partial charge in [0.2, 0.25) is 5.78 Å². The third kappa shape index (κ3) is 3.55. The van der Waals surface area contributed by atoms with Gasteiger partial charge in [0.25, 0.3) is 0 Å². The van der Waals surface area contributed by atoms with Crippen molar-refractivity contribution < 1.29 is 14.3 Å². The zero-order valence-corrected chi connectivity index (χ0v) is 15.4. The molecule has 4 rings (SSSR count). The first kappa shape index (κ1) is 16.6. The molecule has 128 valence electrons. The van der Waals surface area contributed by atoms with E-state index in [4.69, 9.17) is 9.47 Å². The van der Waals surface area contributed by atoms with Gasteiger partial charge in [-0.05, 0) is 47.5 Å². The normalized spacial score (nSPS) is 14.2. The van der Waals surface area contributed by atoms with E-state index < -0.39 is 0 Å². The Labute approximate surface area is 160 Å². The summed E-state index contributed by atoms with van der Waals surface area (Å²) in [5, 5.41) is 0. The van der Waals surface area contributed by atoms with Crippen LogP contribution in [0.15, 0.2) is 83.0 Å². The number of Topliss-reactive ketones (excluding diaryl/α,β-unsaturated/α-hetero) is 1. The number of ether oxygens (including phenoxy) is 2. The maximum Gasteiger partial charge on any atom is 0.232 e. The fourth-order valence-electron chi connectivity index (χ4n) is 2.71. The lowest BCUT2D eigenvalue weighted by Gasteiger charge is -2.06. The van der Waals surface area contributed by atoms with Gasteiger partial charge in [0.15, 0.2) is 5.76 Å². The molecule has 3 aromatic carbocycles. The Hall–Kier alpha value is -2.85. The minimum absolute atomic E-state index is 0.106. The van der Waals surface area contributed by atoms with Crippen molar-refractivity contribution in [1.82, 2.24) is 0 Å². The second kappa shape index (κ2) is 7.18. The number of rotatable bonds is 4. The van der Waals surface area contributed by atoms with Gasteiger partial charge in [-0.3, -0.25) is 4.79 Å². The molecule has 1 aliphatic rings. The molecule has 0 amide bonds. The summed E-state index contributed by atoms with van der Waals surface area (Å²) >= 11 is 3.38. The zero-order chi connectivity index (χ0) is 17.9. The molecule has 0 radical (unpaired) electrons. The lowest BCUT2D eigenvalue weighted by atomic mass is 10.1. The van der Waals surface area contributed by atoms with Gasteiger partial charge in [-0.15, -0.1) is 0 Å². The van der Waals surface area contributed by atoms with Gasteiger partial charge in [0.1, 0.15) is 18.1 Å². The topological polar surface area (TPSA) is 35.5 Å². The van der Waals surface area contributed by atoms with Crippen molar-refractivity contribution >= 4 is 27.8 Å². The second-order valence-corrected chi connectivity index (χ2v) is 6.84. The number of ketones is 1. The first-order chi connectivity index (χ1) is 12.7. The molecule has 0 fully saturated rings. The molecule has 0 N–H and O–H groups in total. The van der Waals surface area contributed by atoms with Gasteiger partial charge in [-0.25, -0.2) is 0 Å². The quantitative estimate of drug-likeness (QED) is 0.525. The fraction of sp³-hybridized carbons (Fsp3) is 0.0455. The molecule has 0 saturated heterocycles. The summed E-state index contributed by atoms with van der Waals surface area (Å²) in [6.45, 7) is 0.521. The van der Waals surface area contributed by atoms with Crippen LogP contribution in [0.5, 0.6) is 11.5 Å². The van der Waals surface area contributed by atoms with E-state index in [0.29, 0.717) is 23.7 Å². The van der Waals surface area contributed by atoms with E-state index >= 15 is 0 Å². The molecule has 0 bridgehead atoms. The van der Waals surface area contributed by atoms with Crippen molar-refractivity contribution in [3.8, 4) is 11.5 Å². The Morgan fingerprint density at radius 3 is 2.50 bits per heavy atom. The molecule has 0 aliphatic carbocycles. The first-order valence-corrected chi connectivity index (χ1v) is 8.99. The molecule has 3 nitrogen and oxygen atoms in total. The SMILES string of the molecule is O=C1/C(=C/c2ccc(OCc3ccccc3)cc2)Oc2ccc(Br)cc21. The Bertz CT molecular complexity index is 976. The number of carbonyl (C=O) groups excluding carboxylic acids is 1. The number of hydrogen-bond acceptors (Lipinski definition) is 3. The van der Waals surface area contributed by atoms with E-state index in [1.165, 1.54) is 0 Å². The van der Waals surface area contributed by atoms with Crippen LogP contribution < -0.4 is 9.47 Å². The van der Waals surface area contributed by atoms with Crippen LogP contribution in [0.4, 0.5) is 0 Å². The van der Waals surface area contributed by atoms with E-state index in [9.17, 15) is 4.79 Å². The smallest absolute Gasteiger partial charge is 0.232 e. The summed E-state index contributed by atoms with van der Waals surface area (Å²) in [5.41, 5.74) is 2.58. The highest BCUT2D eigenvalue weighted by molar-refractivity contribution is 9.10. The molecule has 0 atom stereocenters. The Kier molecular flexibility index (Phi) is 4.59. The van der Waals surface area contributed by atoms with Crippen LogP contribution >= 0.6 is 15.9 Å². The number of allylic oxidation sites excluding steroid dienone is 1. The number of hydrogen-bond donors (Lipinski definition) is 0. The highest BCUT2D eigenvalue weighted by Crippen LogP contribution is 2.33. The van der Waals surface area contributed by atoms with E-state index in [1.807, 2.05) is 60.7 Å². The summed E-state index contributed by atoms with van der Waals surface area (Å²) in [6, 6.07) is 23.0. The van der Waals surface area contributed by atoms with Crippen LogP contribution in [-0.4, -0.2) is 5.78 Å². The number of benzene rings is 3. The molecule has 0 spiro atoms. The summed E-state index contributed by atoms with van der Waals surface area (Å²) in [7, 11) is 0. The summed E-state index contributed by atoms with van der Waals surface area (Å²) in [5.74, 6) is 1.59. The fourth-order valence-corrected chi connectivity index (χ4v) is 3.07. The van der Waals surface area contributed by atoms with Crippen LogP contribution in [0.25, 0.3) is 6.08 Å². The van der Waals surface area contributed by atoms with Crippen LogP contribution in [0, 0.1) is 0 Å². The monoisotopic (exact) mass is 406 g/mol. The molecule has 0 unspecified atom stereocenters. The van der Waals surface area contributed by atoms with Crippen LogP contribution in [0.2, 0.25) is 0 Å². The van der Waals surface area contributed by atoms with Crippen LogP contribution in [-0.2, 0) is 6.61 Å². The number of fused-ring (bicyclic) bond motifs is 1. The zero-order valence-electron chi connectivity index (χ0n) is 13.8. The van der Waals surface area contributed by atoms with E-state index in [-0.39, 0.29) is 5.78 Å². The predicted octanol–water partition coefficient (Wildman–Crippen LogP) is 5.64. The van der Waals surface area contributed by atoms with Gasteiger partial charge in [-0.2, -0.15) is 0 Å². The van der Waals surface area contributed by atoms with Crippen molar-refractivity contribution in [2.45, 2.75) is 6.61 Å². The van der Waals surface area contributed by atoms with E-state index in [0.717, 1.165) is 21.3 Å². The minimum atomic E-state index is -0.106. The highest BCUT2D eigenvalue weighted by Gasteiger charge is 2.27. The molecule has 1 heterocycles. The lowest BCUT2D eigenvalue weighted by molar-refractivity contribution is 0.101. The van der Waals surface area contributed by atoms with Gasteiger partial charge in [0.05, 0.1) is 5.56 Å². The molecule has 26 heavy (non-hydrogen) atoms. The van der Waals surface area contributed by atoms with Crippen LogP contribution in [0.1, 0.15) is 21.5 Å². The van der Waals surface area contributed by atoms with Crippen molar-refractivity contribution in [3.63, 3.8) is 0 Å². The maximum absolute atomic E-state index is 12.4. The maximum atomic E-state index is 12.4. The summed E-state index contributed by atoms with van der Waals surface area (Å²) in [6.07, 6.45) is 1.75. The van der Waals surface area contributed by atoms with E-state index in [2.05, 4.69) is 15.9 Å². The second-order valence-electron chi connectivity index (χ2n) is 5.92. The molecule has 3 aromatic rings. The standard InChI is InChI=1S/C22H15BrO3/c23-17-8-11-20-19(13-17)22(24)21(26-20)12-15-6-9-18(10-7-15)25-14-16-4-2-1-3-5-16/h1-13H,14H2/b21-12-. The predicted molar refractivity (Wildman–Crippen MR) is 104 cm³/mol. The molecule has 4 heteroatoms. The van der Waals surface area contributed by atoms with Gasteiger partial charge in [-0.1, -0.05) is 58.4 Å². The number of halogens is 1. The third-order valence-electron chi connectivity index (χ3n) is 4.06. The molecule has 0 aromatic heterocycles. The van der Waals surface area contributed by atoms with Gasteiger partial charge in [0, 0.05) is 4.47 Å². The minimum Gasteiger partial charge on any atom is -0.489 e.